The van der Waals surface area contributed by atoms with E-state index in [0.29, 0.717) is 0 Å². The van der Waals surface area contributed by atoms with Crippen molar-refractivity contribution in [2.45, 2.75) is 25.7 Å². The van der Waals surface area contributed by atoms with Gasteiger partial charge in [0.05, 0.1) is 0 Å². The molecule has 0 heterocycles. The summed E-state index contributed by atoms with van der Waals surface area (Å²) in [6.07, 6.45) is 0. The monoisotopic (exact) mass is 164 g/mol. The number of rotatable bonds is 1. The van der Waals surface area contributed by atoms with Crippen molar-refractivity contribution in [2.24, 2.45) is 0 Å². The topological polar surface area (TPSA) is 0 Å². The lowest BCUT2D eigenvalue weighted by molar-refractivity contribution is 0.228. The fraction of sp³-hybridized carbons (Fsp3) is 1.00. The summed E-state index contributed by atoms with van der Waals surface area (Å²) in [6, 6.07) is -2.06. The zero-order valence-corrected chi connectivity index (χ0v) is 6.65. The molecule has 0 aliphatic carbocycles. The highest BCUT2D eigenvalue weighted by molar-refractivity contribution is 6.76. The van der Waals surface area contributed by atoms with E-state index < -0.39 is 14.1 Å². The Bertz CT molecular complexity index is 58.1. The molecule has 0 aromatic carbocycles. The lowest BCUT2D eigenvalue weighted by Crippen LogP contribution is -2.30. The van der Waals surface area contributed by atoms with Gasteiger partial charge in [0.15, 0.2) is 0 Å². The standard InChI is InChI=1S/C4H10F2Si.2FH/c1-7(2,3)4(5)6;;/h4H,1-3H3;2*1H. The molecular formula is C4H12F4Si. The predicted molar refractivity (Wildman–Crippen MR) is 34.4 cm³/mol. The Hall–Kier alpha value is -0.0631. The molecule has 60 valence electrons. The third kappa shape index (κ3) is 7.94. The second-order valence-corrected chi connectivity index (χ2v) is 7.84. The number of alkyl halides is 2. The normalized spacial score (nSPS) is 10.0. The van der Waals surface area contributed by atoms with Crippen LogP contribution in [0.15, 0.2) is 0 Å². The molecule has 0 unspecified atom stereocenters. The first-order chi connectivity index (χ1) is 2.94. The van der Waals surface area contributed by atoms with Gasteiger partial charge >= 0.3 is 0 Å². The highest BCUT2D eigenvalue weighted by Crippen LogP contribution is 2.11. The molecule has 0 nitrogen and oxygen atoms in total. The minimum absolute atomic E-state index is 0. The van der Waals surface area contributed by atoms with Crippen LogP contribution in [0.5, 0.6) is 0 Å². The molecule has 5 heteroatoms. The fourth-order valence-corrected chi connectivity index (χ4v) is 0. The van der Waals surface area contributed by atoms with Gasteiger partial charge in [0.2, 0.25) is 6.05 Å². The smallest absolute Gasteiger partial charge is 0.220 e. The highest BCUT2D eigenvalue weighted by Gasteiger charge is 2.25. The Morgan fingerprint density at radius 3 is 1.11 bits per heavy atom. The van der Waals surface area contributed by atoms with Crippen LogP contribution in [0.25, 0.3) is 0 Å². The molecule has 0 saturated heterocycles. The number of hydrogen-bond acceptors (Lipinski definition) is 0. The van der Waals surface area contributed by atoms with E-state index in [1.165, 1.54) is 0 Å². The van der Waals surface area contributed by atoms with Crippen molar-refractivity contribution in [3.05, 3.63) is 0 Å². The first-order valence-electron chi connectivity index (χ1n) is 2.23. The van der Waals surface area contributed by atoms with E-state index in [2.05, 4.69) is 0 Å². The minimum atomic E-state index is -2.07. The summed E-state index contributed by atoms with van der Waals surface area (Å²) in [6.45, 7) is 4.95. The van der Waals surface area contributed by atoms with Crippen LogP contribution in [-0.4, -0.2) is 14.1 Å². The molecule has 0 radical (unpaired) electrons. The van der Waals surface area contributed by atoms with E-state index >= 15 is 0 Å². The average molecular weight is 164 g/mol. The Morgan fingerprint density at radius 1 is 1.00 bits per heavy atom. The summed E-state index contributed by atoms with van der Waals surface area (Å²) < 4.78 is 23.2. The first-order valence-corrected chi connectivity index (χ1v) is 5.80. The molecule has 0 saturated carbocycles. The number of hydrogen-bond donors (Lipinski definition) is 0. The van der Waals surface area contributed by atoms with Gasteiger partial charge in [-0.15, -0.1) is 0 Å². The molecule has 0 atom stereocenters. The third-order valence-electron chi connectivity index (χ3n) is 0.655. The van der Waals surface area contributed by atoms with Crippen LogP contribution in [0, 0.1) is 0 Å². The molecule has 0 aliphatic heterocycles. The molecule has 0 N–H and O–H groups in total. The van der Waals surface area contributed by atoms with E-state index in [9.17, 15) is 8.78 Å². The van der Waals surface area contributed by atoms with Gasteiger partial charge in [-0.3, -0.25) is 9.41 Å². The second-order valence-electron chi connectivity index (χ2n) is 2.67. The Kier molecular flexibility index (Phi) is 8.49. The molecule has 0 amide bonds. The second kappa shape index (κ2) is 4.78. The van der Waals surface area contributed by atoms with Crippen molar-refractivity contribution in [3.8, 4) is 0 Å². The van der Waals surface area contributed by atoms with Crippen LogP contribution < -0.4 is 0 Å². The van der Waals surface area contributed by atoms with Crippen molar-refractivity contribution < 1.29 is 18.2 Å². The van der Waals surface area contributed by atoms with Crippen molar-refractivity contribution in [3.63, 3.8) is 0 Å². The molecule has 0 bridgehead atoms. The Labute approximate surface area is 53.0 Å². The van der Waals surface area contributed by atoms with Crippen molar-refractivity contribution >= 4 is 8.07 Å². The zero-order valence-electron chi connectivity index (χ0n) is 5.65. The van der Waals surface area contributed by atoms with Crippen molar-refractivity contribution in [2.75, 3.05) is 0 Å². The van der Waals surface area contributed by atoms with Crippen LogP contribution in [0.4, 0.5) is 18.2 Å². The maximum Gasteiger partial charge on any atom is 0.220 e. The van der Waals surface area contributed by atoms with Crippen LogP contribution in [0.1, 0.15) is 0 Å². The summed E-state index contributed by atoms with van der Waals surface area (Å²) in [5.41, 5.74) is 0. The predicted octanol–water partition coefficient (Wildman–Crippen LogP) is 2.43. The molecular weight excluding hydrogens is 152 g/mol. The first kappa shape index (κ1) is 16.0. The molecule has 0 spiro atoms. The third-order valence-corrected chi connectivity index (χ3v) is 1.96. The van der Waals surface area contributed by atoms with E-state index in [0.717, 1.165) is 0 Å². The lowest BCUT2D eigenvalue weighted by Gasteiger charge is -2.11. The maximum absolute atomic E-state index is 11.6. The molecule has 0 aromatic rings. The Balaban J connectivity index is -0.000000180. The minimum Gasteiger partial charge on any atom is -0.269 e. The SMILES string of the molecule is C[Si](C)(C)C(F)F.F.F. The lowest BCUT2D eigenvalue weighted by atomic mass is 11.6. The maximum atomic E-state index is 11.6. The summed E-state index contributed by atoms with van der Waals surface area (Å²) in [5, 5.41) is 0. The van der Waals surface area contributed by atoms with Crippen molar-refractivity contribution in [1.82, 2.24) is 0 Å². The Morgan fingerprint density at radius 2 is 1.11 bits per heavy atom. The summed E-state index contributed by atoms with van der Waals surface area (Å²) in [7, 11) is -2.07. The fourth-order valence-electron chi connectivity index (χ4n) is 0. The average Bonchev–Trinajstić information content (AvgIpc) is 1.31. The van der Waals surface area contributed by atoms with Crippen LogP contribution in [0.3, 0.4) is 0 Å². The van der Waals surface area contributed by atoms with Gasteiger partial charge in [-0.25, -0.2) is 8.78 Å². The van der Waals surface area contributed by atoms with Gasteiger partial charge in [-0.05, 0) is 0 Å². The van der Waals surface area contributed by atoms with Crippen molar-refractivity contribution in [1.29, 1.82) is 0 Å². The van der Waals surface area contributed by atoms with Gasteiger partial charge in [0.1, 0.15) is 8.07 Å². The van der Waals surface area contributed by atoms with Crippen LogP contribution >= 0.6 is 0 Å². The van der Waals surface area contributed by atoms with E-state index in [4.69, 9.17) is 0 Å². The largest absolute Gasteiger partial charge is 0.269 e. The van der Waals surface area contributed by atoms with E-state index in [1.54, 1.807) is 19.6 Å². The van der Waals surface area contributed by atoms with Gasteiger partial charge in [0.25, 0.3) is 0 Å². The van der Waals surface area contributed by atoms with Crippen LogP contribution in [-0.2, 0) is 0 Å². The highest BCUT2D eigenvalue weighted by atomic mass is 28.3. The molecule has 9 heavy (non-hydrogen) atoms. The van der Waals surface area contributed by atoms with Crippen LogP contribution in [0.2, 0.25) is 19.6 Å². The molecule has 0 fully saturated rings. The summed E-state index contributed by atoms with van der Waals surface area (Å²) in [5.74, 6) is 0. The molecule has 0 rings (SSSR count). The van der Waals surface area contributed by atoms with Gasteiger partial charge < -0.3 is 0 Å². The molecule has 0 aromatic heterocycles. The van der Waals surface area contributed by atoms with Gasteiger partial charge in [-0.2, -0.15) is 0 Å². The molecule has 0 aliphatic rings. The van der Waals surface area contributed by atoms with E-state index in [1.807, 2.05) is 0 Å². The van der Waals surface area contributed by atoms with Gasteiger partial charge in [-0.1, -0.05) is 19.6 Å². The number of halogens is 4. The van der Waals surface area contributed by atoms with Gasteiger partial charge in [0, 0.05) is 0 Å². The quantitative estimate of drug-likeness (QED) is 0.412. The summed E-state index contributed by atoms with van der Waals surface area (Å²) in [4.78, 5) is 0. The van der Waals surface area contributed by atoms with E-state index in [-0.39, 0.29) is 9.41 Å². The summed E-state index contributed by atoms with van der Waals surface area (Å²) >= 11 is 0. The zero-order chi connectivity index (χ0) is 6.08.